The molecule has 1 heterocycles. The SMILES string of the molecule is Cl.Cn1cc([C@H](N)CO)c2ccccc21. The van der Waals surface area contributed by atoms with E-state index in [0.29, 0.717) is 0 Å². The van der Waals surface area contributed by atoms with E-state index in [9.17, 15) is 0 Å². The summed E-state index contributed by atoms with van der Waals surface area (Å²) in [6, 6.07) is 7.76. The largest absolute Gasteiger partial charge is 0.394 e. The summed E-state index contributed by atoms with van der Waals surface area (Å²) in [6.45, 7) is -0.0198. The van der Waals surface area contributed by atoms with E-state index in [0.717, 1.165) is 16.5 Å². The molecule has 2 aromatic rings. The van der Waals surface area contributed by atoms with Crippen LogP contribution in [0.2, 0.25) is 0 Å². The van der Waals surface area contributed by atoms with Gasteiger partial charge in [0.25, 0.3) is 0 Å². The van der Waals surface area contributed by atoms with Gasteiger partial charge in [0.2, 0.25) is 0 Å². The van der Waals surface area contributed by atoms with Gasteiger partial charge >= 0.3 is 0 Å². The number of nitrogens with zero attached hydrogens (tertiary/aromatic N) is 1. The zero-order valence-corrected chi connectivity index (χ0v) is 9.37. The number of nitrogens with two attached hydrogens (primary N) is 1. The highest BCUT2D eigenvalue weighted by atomic mass is 35.5. The van der Waals surface area contributed by atoms with E-state index >= 15 is 0 Å². The van der Waals surface area contributed by atoms with Crippen molar-refractivity contribution in [3.8, 4) is 0 Å². The summed E-state index contributed by atoms with van der Waals surface area (Å²) in [7, 11) is 1.98. The first-order valence-corrected chi connectivity index (χ1v) is 4.64. The summed E-state index contributed by atoms with van der Waals surface area (Å²) in [5.74, 6) is 0. The van der Waals surface area contributed by atoms with Gasteiger partial charge in [-0.2, -0.15) is 0 Å². The molecule has 1 aromatic carbocycles. The van der Waals surface area contributed by atoms with Crippen LogP contribution < -0.4 is 5.73 Å². The summed E-state index contributed by atoms with van der Waals surface area (Å²) in [5, 5.41) is 10.1. The zero-order chi connectivity index (χ0) is 10.1. The van der Waals surface area contributed by atoms with E-state index in [4.69, 9.17) is 10.8 Å². The average Bonchev–Trinajstić information content (AvgIpc) is 2.56. The summed E-state index contributed by atoms with van der Waals surface area (Å²) in [6.07, 6.45) is 1.98. The topological polar surface area (TPSA) is 51.2 Å². The van der Waals surface area contributed by atoms with Crippen molar-refractivity contribution in [3.63, 3.8) is 0 Å². The lowest BCUT2D eigenvalue weighted by Crippen LogP contribution is -2.13. The Morgan fingerprint density at radius 1 is 1.40 bits per heavy atom. The molecule has 4 heteroatoms. The quantitative estimate of drug-likeness (QED) is 0.817. The van der Waals surface area contributed by atoms with Crippen LogP contribution in [0.4, 0.5) is 0 Å². The lowest BCUT2D eigenvalue weighted by Gasteiger charge is -2.05. The van der Waals surface area contributed by atoms with Crippen molar-refractivity contribution in [1.29, 1.82) is 0 Å². The van der Waals surface area contributed by atoms with Gasteiger partial charge in [-0.25, -0.2) is 0 Å². The maximum Gasteiger partial charge on any atom is 0.0625 e. The van der Waals surface area contributed by atoms with Gasteiger partial charge in [0.05, 0.1) is 12.6 Å². The molecule has 1 aromatic heterocycles. The van der Waals surface area contributed by atoms with Gasteiger partial charge in [0.1, 0.15) is 0 Å². The second kappa shape index (κ2) is 4.66. The van der Waals surface area contributed by atoms with E-state index < -0.39 is 0 Å². The van der Waals surface area contributed by atoms with Crippen LogP contribution in [-0.4, -0.2) is 16.3 Å². The molecule has 0 saturated heterocycles. The molecule has 0 unspecified atom stereocenters. The van der Waals surface area contributed by atoms with Crippen molar-refractivity contribution in [3.05, 3.63) is 36.0 Å². The standard InChI is InChI=1S/C11H14N2O.ClH/c1-13-6-9(10(12)7-14)8-4-2-3-5-11(8)13;/h2-6,10,14H,7,12H2,1H3;1H/t10-;/m1./s1. The monoisotopic (exact) mass is 226 g/mol. The molecule has 3 nitrogen and oxygen atoms in total. The Labute approximate surface area is 94.9 Å². The molecule has 3 N–H and O–H groups in total. The van der Waals surface area contributed by atoms with Crippen molar-refractivity contribution < 1.29 is 5.11 Å². The minimum absolute atomic E-state index is 0. The Kier molecular flexibility index (Phi) is 3.74. The molecule has 0 fully saturated rings. The average molecular weight is 227 g/mol. The van der Waals surface area contributed by atoms with Crippen molar-refractivity contribution in [2.75, 3.05) is 6.61 Å². The molecule has 0 bridgehead atoms. The number of benzene rings is 1. The molecule has 0 aliphatic carbocycles. The van der Waals surface area contributed by atoms with Gasteiger partial charge in [-0.3, -0.25) is 0 Å². The molecule has 15 heavy (non-hydrogen) atoms. The third kappa shape index (κ3) is 2.00. The Morgan fingerprint density at radius 3 is 2.73 bits per heavy atom. The molecule has 82 valence electrons. The highest BCUT2D eigenvalue weighted by Gasteiger charge is 2.11. The molecule has 0 amide bonds. The summed E-state index contributed by atoms with van der Waals surface area (Å²) < 4.78 is 2.03. The zero-order valence-electron chi connectivity index (χ0n) is 8.55. The van der Waals surface area contributed by atoms with E-state index in [1.165, 1.54) is 0 Å². The van der Waals surface area contributed by atoms with Gasteiger partial charge in [0.15, 0.2) is 0 Å². The fraction of sp³-hybridized carbons (Fsp3) is 0.273. The highest BCUT2D eigenvalue weighted by Crippen LogP contribution is 2.24. The highest BCUT2D eigenvalue weighted by molar-refractivity contribution is 5.85. The fourth-order valence-electron chi connectivity index (χ4n) is 1.77. The van der Waals surface area contributed by atoms with Crippen molar-refractivity contribution in [2.24, 2.45) is 12.8 Å². The maximum atomic E-state index is 9.02. The minimum Gasteiger partial charge on any atom is -0.394 e. The first-order valence-electron chi connectivity index (χ1n) is 4.64. The van der Waals surface area contributed by atoms with Gasteiger partial charge in [0, 0.05) is 24.1 Å². The molecule has 0 radical (unpaired) electrons. The van der Waals surface area contributed by atoms with Crippen LogP contribution in [0.1, 0.15) is 11.6 Å². The molecule has 0 aliphatic heterocycles. The van der Waals surface area contributed by atoms with E-state index in [2.05, 4.69) is 0 Å². The fourth-order valence-corrected chi connectivity index (χ4v) is 1.77. The smallest absolute Gasteiger partial charge is 0.0625 e. The Hall–Kier alpha value is -1.03. The second-order valence-corrected chi connectivity index (χ2v) is 3.50. The van der Waals surface area contributed by atoms with Gasteiger partial charge < -0.3 is 15.4 Å². The van der Waals surface area contributed by atoms with Crippen molar-refractivity contribution >= 4 is 23.3 Å². The number of aliphatic hydroxyl groups excluding tert-OH is 1. The van der Waals surface area contributed by atoms with Crippen LogP contribution in [0.5, 0.6) is 0 Å². The van der Waals surface area contributed by atoms with Crippen LogP contribution in [0, 0.1) is 0 Å². The predicted octanol–water partition coefficient (Wildman–Crippen LogP) is 1.59. The lowest BCUT2D eigenvalue weighted by molar-refractivity contribution is 0.268. The number of aromatic nitrogens is 1. The Balaban J connectivity index is 0.00000112. The molecular weight excluding hydrogens is 212 g/mol. The van der Waals surface area contributed by atoms with Crippen LogP contribution in [0.3, 0.4) is 0 Å². The predicted molar refractivity (Wildman–Crippen MR) is 64.2 cm³/mol. The number of para-hydroxylation sites is 1. The van der Waals surface area contributed by atoms with Crippen LogP contribution in [0.25, 0.3) is 10.9 Å². The Morgan fingerprint density at radius 2 is 2.07 bits per heavy atom. The molecular formula is C11H15ClN2O. The minimum atomic E-state index is -0.291. The van der Waals surface area contributed by atoms with Crippen LogP contribution in [0.15, 0.2) is 30.5 Å². The number of aliphatic hydroxyl groups is 1. The summed E-state index contributed by atoms with van der Waals surface area (Å²) >= 11 is 0. The number of rotatable bonds is 2. The number of hydrogen-bond donors (Lipinski definition) is 2. The van der Waals surface area contributed by atoms with E-state index in [1.807, 2.05) is 42.1 Å². The van der Waals surface area contributed by atoms with Gasteiger partial charge in [-0.1, -0.05) is 18.2 Å². The first kappa shape index (κ1) is 12.0. The molecule has 0 aliphatic rings. The third-order valence-corrected chi connectivity index (χ3v) is 2.52. The number of hydrogen-bond acceptors (Lipinski definition) is 2. The number of halogens is 1. The number of fused-ring (bicyclic) bond motifs is 1. The van der Waals surface area contributed by atoms with Gasteiger partial charge in [-0.15, -0.1) is 12.4 Å². The normalized spacial score (nSPS) is 12.5. The first-order chi connectivity index (χ1) is 6.74. The second-order valence-electron chi connectivity index (χ2n) is 3.50. The van der Waals surface area contributed by atoms with E-state index in [-0.39, 0.29) is 25.1 Å². The Bertz CT molecular complexity index is 453. The molecule has 0 saturated carbocycles. The van der Waals surface area contributed by atoms with Crippen molar-refractivity contribution in [2.45, 2.75) is 6.04 Å². The van der Waals surface area contributed by atoms with E-state index in [1.54, 1.807) is 0 Å². The summed E-state index contributed by atoms with van der Waals surface area (Å²) in [4.78, 5) is 0. The molecule has 2 rings (SSSR count). The van der Waals surface area contributed by atoms with Crippen LogP contribution >= 0.6 is 12.4 Å². The van der Waals surface area contributed by atoms with Crippen LogP contribution in [-0.2, 0) is 7.05 Å². The maximum absolute atomic E-state index is 9.02. The van der Waals surface area contributed by atoms with Gasteiger partial charge in [-0.05, 0) is 11.6 Å². The molecule has 0 spiro atoms. The lowest BCUT2D eigenvalue weighted by atomic mass is 10.1. The van der Waals surface area contributed by atoms with Crippen molar-refractivity contribution in [1.82, 2.24) is 4.57 Å². The molecule has 1 atom stereocenters. The summed E-state index contributed by atoms with van der Waals surface area (Å²) in [5.41, 5.74) is 7.96. The third-order valence-electron chi connectivity index (χ3n) is 2.52. The number of aryl methyl sites for hydroxylation is 1.